The third kappa shape index (κ3) is 2.25. The fourth-order valence-corrected chi connectivity index (χ4v) is 2.39. The molecule has 3 rings (SSSR count). The Hall–Kier alpha value is -2.01. The Balaban J connectivity index is 1.96. The van der Waals surface area contributed by atoms with Crippen molar-refractivity contribution in [3.8, 4) is 5.75 Å². The summed E-state index contributed by atoms with van der Waals surface area (Å²) in [6.07, 6.45) is -0.0987. The number of rotatable bonds is 1. The van der Waals surface area contributed by atoms with Crippen LogP contribution in [0.25, 0.3) is 0 Å². The summed E-state index contributed by atoms with van der Waals surface area (Å²) in [4.78, 5) is 0. The summed E-state index contributed by atoms with van der Waals surface area (Å²) in [5.74, 6) is -1.94. The first-order valence-electron chi connectivity index (χ1n) is 6.21. The molecule has 1 unspecified atom stereocenters. The first kappa shape index (κ1) is 13.0. The van der Waals surface area contributed by atoms with Gasteiger partial charge in [0, 0.05) is 24.1 Å². The molecule has 0 amide bonds. The average Bonchev–Trinajstić information content (AvgIpc) is 2.41. The van der Waals surface area contributed by atoms with Crippen LogP contribution in [-0.2, 0) is 0 Å². The molecule has 0 saturated carbocycles. The molecule has 0 saturated heterocycles. The third-order valence-corrected chi connectivity index (χ3v) is 3.43. The van der Waals surface area contributed by atoms with Crippen molar-refractivity contribution in [2.75, 3.05) is 0 Å². The summed E-state index contributed by atoms with van der Waals surface area (Å²) in [6, 6.07) is 7.38. The molecule has 1 aliphatic rings. The zero-order valence-electron chi connectivity index (χ0n) is 10.4. The van der Waals surface area contributed by atoms with Crippen molar-refractivity contribution in [3.63, 3.8) is 0 Å². The molecule has 0 fully saturated rings. The molecule has 1 heterocycles. The maximum absolute atomic E-state index is 13.3. The summed E-state index contributed by atoms with van der Waals surface area (Å²) in [7, 11) is 0. The van der Waals surface area contributed by atoms with Gasteiger partial charge in [0.2, 0.25) is 0 Å². The van der Waals surface area contributed by atoms with Crippen LogP contribution < -0.4 is 10.5 Å². The van der Waals surface area contributed by atoms with Gasteiger partial charge in [-0.15, -0.1) is 0 Å². The van der Waals surface area contributed by atoms with Crippen molar-refractivity contribution >= 4 is 0 Å². The Labute approximate surface area is 114 Å². The van der Waals surface area contributed by atoms with Gasteiger partial charge in [-0.05, 0) is 23.8 Å². The fourth-order valence-electron chi connectivity index (χ4n) is 2.39. The molecule has 0 aromatic heterocycles. The fraction of sp³-hybridized carbons (Fsp3) is 0.200. The van der Waals surface area contributed by atoms with Crippen molar-refractivity contribution in [1.82, 2.24) is 0 Å². The topological polar surface area (TPSA) is 35.2 Å². The summed E-state index contributed by atoms with van der Waals surface area (Å²) in [5, 5.41) is 0. The molecule has 2 aromatic carbocycles. The maximum atomic E-state index is 13.3. The first-order valence-corrected chi connectivity index (χ1v) is 6.21. The van der Waals surface area contributed by atoms with E-state index in [-0.39, 0.29) is 6.04 Å². The molecule has 1 aliphatic heterocycles. The molecule has 2 aromatic rings. The van der Waals surface area contributed by atoms with E-state index in [0.717, 1.165) is 12.1 Å². The smallest absolute Gasteiger partial charge is 0.159 e. The molecule has 2 nitrogen and oxygen atoms in total. The molecule has 20 heavy (non-hydrogen) atoms. The minimum Gasteiger partial charge on any atom is -0.485 e. The minimum absolute atomic E-state index is 0.336. The second kappa shape index (κ2) is 4.83. The largest absolute Gasteiger partial charge is 0.485 e. The number of nitrogens with two attached hydrogens (primary N) is 1. The van der Waals surface area contributed by atoms with E-state index in [9.17, 15) is 13.2 Å². The summed E-state index contributed by atoms with van der Waals surface area (Å²) in [5.41, 5.74) is 7.22. The van der Waals surface area contributed by atoms with Crippen molar-refractivity contribution in [1.29, 1.82) is 0 Å². The van der Waals surface area contributed by atoms with Crippen molar-refractivity contribution in [2.45, 2.75) is 18.6 Å². The summed E-state index contributed by atoms with van der Waals surface area (Å²) < 4.78 is 45.1. The predicted molar refractivity (Wildman–Crippen MR) is 67.7 cm³/mol. The molecule has 2 atom stereocenters. The van der Waals surface area contributed by atoms with Gasteiger partial charge in [-0.3, -0.25) is 0 Å². The van der Waals surface area contributed by atoms with E-state index >= 15 is 0 Å². The Morgan fingerprint density at radius 1 is 1.00 bits per heavy atom. The van der Waals surface area contributed by atoms with Gasteiger partial charge in [-0.25, -0.2) is 13.2 Å². The van der Waals surface area contributed by atoms with E-state index in [1.807, 2.05) is 0 Å². The number of halogens is 3. The lowest BCUT2D eigenvalue weighted by molar-refractivity contribution is 0.160. The van der Waals surface area contributed by atoms with Crippen LogP contribution in [0.1, 0.15) is 29.7 Å². The van der Waals surface area contributed by atoms with Crippen LogP contribution >= 0.6 is 0 Å². The molecular weight excluding hydrogens is 267 g/mol. The van der Waals surface area contributed by atoms with E-state index in [0.29, 0.717) is 23.3 Å². The first-order chi connectivity index (χ1) is 9.54. The van der Waals surface area contributed by atoms with Crippen molar-refractivity contribution in [3.05, 3.63) is 65.0 Å². The Kier molecular flexibility index (Phi) is 3.14. The van der Waals surface area contributed by atoms with Gasteiger partial charge in [0.25, 0.3) is 0 Å². The number of hydrogen-bond donors (Lipinski definition) is 1. The molecule has 104 valence electrons. The lowest BCUT2D eigenvalue weighted by Gasteiger charge is -2.30. The number of benzene rings is 2. The zero-order valence-corrected chi connectivity index (χ0v) is 10.4. The van der Waals surface area contributed by atoms with Crippen LogP contribution in [0.2, 0.25) is 0 Å². The highest BCUT2D eigenvalue weighted by Gasteiger charge is 2.27. The van der Waals surface area contributed by atoms with Crippen LogP contribution in [0.5, 0.6) is 5.75 Å². The number of hydrogen-bond acceptors (Lipinski definition) is 2. The highest BCUT2D eigenvalue weighted by Crippen LogP contribution is 2.40. The maximum Gasteiger partial charge on any atom is 0.159 e. The van der Waals surface area contributed by atoms with Gasteiger partial charge >= 0.3 is 0 Å². The van der Waals surface area contributed by atoms with E-state index in [4.69, 9.17) is 10.5 Å². The van der Waals surface area contributed by atoms with E-state index < -0.39 is 23.6 Å². The van der Waals surface area contributed by atoms with Crippen LogP contribution in [0.15, 0.2) is 36.4 Å². The van der Waals surface area contributed by atoms with Gasteiger partial charge < -0.3 is 10.5 Å². The van der Waals surface area contributed by atoms with Crippen molar-refractivity contribution in [2.24, 2.45) is 5.73 Å². The third-order valence-electron chi connectivity index (χ3n) is 3.43. The van der Waals surface area contributed by atoms with Gasteiger partial charge in [0.05, 0.1) is 0 Å². The molecule has 0 spiro atoms. The second-order valence-electron chi connectivity index (χ2n) is 4.80. The molecule has 0 bridgehead atoms. The molecular formula is C15H12F3NO. The summed E-state index contributed by atoms with van der Waals surface area (Å²) in [6.45, 7) is 0. The molecule has 2 N–H and O–H groups in total. The quantitative estimate of drug-likeness (QED) is 0.865. The van der Waals surface area contributed by atoms with E-state index in [2.05, 4.69) is 0 Å². The van der Waals surface area contributed by atoms with Gasteiger partial charge in [-0.1, -0.05) is 12.1 Å². The van der Waals surface area contributed by atoms with Crippen LogP contribution in [0.4, 0.5) is 13.2 Å². The highest BCUT2D eigenvalue weighted by atomic mass is 19.2. The molecule has 0 aliphatic carbocycles. The number of ether oxygens (including phenoxy) is 1. The lowest BCUT2D eigenvalue weighted by atomic mass is 9.93. The normalized spacial score (nSPS) is 21.2. The average molecular weight is 279 g/mol. The summed E-state index contributed by atoms with van der Waals surface area (Å²) >= 11 is 0. The molecule has 5 heteroatoms. The Bertz CT molecular complexity index is 660. The van der Waals surface area contributed by atoms with E-state index in [1.165, 1.54) is 18.2 Å². The minimum atomic E-state index is -0.940. The zero-order chi connectivity index (χ0) is 14.3. The molecule has 0 radical (unpaired) electrons. The highest BCUT2D eigenvalue weighted by molar-refractivity contribution is 5.39. The monoisotopic (exact) mass is 279 g/mol. The van der Waals surface area contributed by atoms with Crippen LogP contribution in [-0.4, -0.2) is 0 Å². The van der Waals surface area contributed by atoms with Gasteiger partial charge in [0.15, 0.2) is 11.6 Å². The lowest BCUT2D eigenvalue weighted by Crippen LogP contribution is -2.24. The van der Waals surface area contributed by atoms with Gasteiger partial charge in [0.1, 0.15) is 17.7 Å². The van der Waals surface area contributed by atoms with E-state index in [1.54, 1.807) is 6.07 Å². The van der Waals surface area contributed by atoms with Crippen molar-refractivity contribution < 1.29 is 17.9 Å². The number of fused-ring (bicyclic) bond motifs is 1. The standard InChI is InChI=1S/C15H12F3NO/c16-9-2-3-10-13(19)7-14(20-15(10)6-9)8-1-4-11(17)12(18)5-8/h1-6,13-14H,7,19H2/t13-,14?/m1/s1. The Morgan fingerprint density at radius 3 is 2.55 bits per heavy atom. The van der Waals surface area contributed by atoms with Crippen LogP contribution in [0.3, 0.4) is 0 Å². The predicted octanol–water partition coefficient (Wildman–Crippen LogP) is 3.63. The SMILES string of the molecule is N[C@@H]1CC(c2ccc(F)c(F)c2)Oc2cc(F)ccc21. The van der Waals surface area contributed by atoms with Crippen LogP contribution in [0, 0.1) is 17.5 Å². The van der Waals surface area contributed by atoms with Gasteiger partial charge in [-0.2, -0.15) is 0 Å². The second-order valence-corrected chi connectivity index (χ2v) is 4.80. The Morgan fingerprint density at radius 2 is 1.80 bits per heavy atom.